The Morgan fingerprint density at radius 1 is 1.44 bits per heavy atom. The summed E-state index contributed by atoms with van der Waals surface area (Å²) in [4.78, 5) is 12.7. The van der Waals surface area contributed by atoms with Gasteiger partial charge in [-0.25, -0.2) is 0 Å². The molecule has 0 aliphatic heterocycles. The number of benzene rings is 1. The molecule has 1 aliphatic rings. The molecular weight excluding hydrogens is 248 g/mol. The van der Waals surface area contributed by atoms with E-state index in [1.165, 1.54) is 11.3 Å². The fourth-order valence-corrected chi connectivity index (χ4v) is 2.89. The lowest BCUT2D eigenvalue weighted by Gasteiger charge is -2.12. The van der Waals surface area contributed by atoms with Gasteiger partial charge in [-0.15, -0.1) is 11.3 Å². The predicted molar refractivity (Wildman–Crippen MR) is 72.8 cm³/mol. The van der Waals surface area contributed by atoms with Crippen molar-refractivity contribution in [2.45, 2.75) is 18.4 Å². The standard InChI is InChI=1S/C13H14N2O2S/c14-9-1-2-10-8(5-9)6-11(18-10)12(17)15-13(7-16)3-4-13/h1-2,5-6,16H,3-4,7,14H2,(H,15,17). The number of carbonyl (C=O) groups excluding carboxylic acids is 1. The molecule has 2 aromatic rings. The van der Waals surface area contributed by atoms with Crippen LogP contribution in [0.1, 0.15) is 22.5 Å². The van der Waals surface area contributed by atoms with Crippen molar-refractivity contribution in [2.24, 2.45) is 0 Å². The average Bonchev–Trinajstić information content (AvgIpc) is 2.99. The largest absolute Gasteiger partial charge is 0.399 e. The fourth-order valence-electron chi connectivity index (χ4n) is 1.95. The molecule has 1 fully saturated rings. The van der Waals surface area contributed by atoms with Gasteiger partial charge in [-0.05, 0) is 42.5 Å². The van der Waals surface area contributed by atoms with Gasteiger partial charge in [0.25, 0.3) is 5.91 Å². The van der Waals surface area contributed by atoms with Gasteiger partial charge in [-0.2, -0.15) is 0 Å². The maximum absolute atomic E-state index is 12.1. The molecule has 18 heavy (non-hydrogen) atoms. The number of aliphatic hydroxyl groups excluding tert-OH is 1. The van der Waals surface area contributed by atoms with Gasteiger partial charge in [0.05, 0.1) is 17.0 Å². The molecule has 4 nitrogen and oxygen atoms in total. The number of nitrogen functional groups attached to an aromatic ring is 1. The van der Waals surface area contributed by atoms with Crippen LogP contribution in [0.4, 0.5) is 5.69 Å². The molecule has 0 unspecified atom stereocenters. The Bertz CT molecular complexity index is 616. The minimum atomic E-state index is -0.369. The first-order chi connectivity index (χ1) is 8.62. The summed E-state index contributed by atoms with van der Waals surface area (Å²) in [6.07, 6.45) is 1.71. The van der Waals surface area contributed by atoms with E-state index in [1.54, 1.807) is 0 Å². The van der Waals surface area contributed by atoms with Crippen LogP contribution in [0.5, 0.6) is 0 Å². The number of carbonyl (C=O) groups is 1. The molecule has 1 aliphatic carbocycles. The van der Waals surface area contributed by atoms with Crippen molar-refractivity contribution in [2.75, 3.05) is 12.3 Å². The van der Waals surface area contributed by atoms with Crippen LogP contribution in [0.2, 0.25) is 0 Å². The van der Waals surface area contributed by atoms with Crippen LogP contribution in [0.3, 0.4) is 0 Å². The molecule has 94 valence electrons. The van der Waals surface area contributed by atoms with Gasteiger partial charge in [0, 0.05) is 10.4 Å². The average molecular weight is 262 g/mol. The number of nitrogens with one attached hydrogen (secondary N) is 1. The molecule has 0 bridgehead atoms. The fraction of sp³-hybridized carbons (Fsp3) is 0.308. The number of hydrogen-bond acceptors (Lipinski definition) is 4. The van der Waals surface area contributed by atoms with Crippen molar-refractivity contribution >= 4 is 33.0 Å². The van der Waals surface area contributed by atoms with Crippen LogP contribution in [0.15, 0.2) is 24.3 Å². The van der Waals surface area contributed by atoms with Crippen molar-refractivity contribution in [3.05, 3.63) is 29.1 Å². The monoisotopic (exact) mass is 262 g/mol. The summed E-state index contributed by atoms with van der Waals surface area (Å²) in [6.45, 7) is 0.0105. The second-order valence-corrected chi connectivity index (χ2v) is 5.88. The van der Waals surface area contributed by atoms with Crippen LogP contribution < -0.4 is 11.1 Å². The molecule has 5 heteroatoms. The molecule has 0 atom stereocenters. The third-order valence-corrected chi connectivity index (χ3v) is 4.41. The summed E-state index contributed by atoms with van der Waals surface area (Å²) in [7, 11) is 0. The van der Waals surface area contributed by atoms with E-state index in [4.69, 9.17) is 5.73 Å². The smallest absolute Gasteiger partial charge is 0.261 e. The van der Waals surface area contributed by atoms with Crippen molar-refractivity contribution in [3.63, 3.8) is 0 Å². The molecule has 4 N–H and O–H groups in total. The van der Waals surface area contributed by atoms with Gasteiger partial charge in [-0.1, -0.05) is 0 Å². The zero-order valence-corrected chi connectivity index (χ0v) is 10.6. The Labute approximate surface area is 108 Å². The minimum Gasteiger partial charge on any atom is -0.399 e. The highest BCUT2D eigenvalue weighted by Crippen LogP contribution is 2.35. The van der Waals surface area contributed by atoms with Crippen molar-refractivity contribution in [1.82, 2.24) is 5.32 Å². The SMILES string of the molecule is Nc1ccc2sc(C(=O)NC3(CO)CC3)cc2c1. The lowest BCUT2D eigenvalue weighted by atomic mass is 10.2. The first-order valence-corrected chi connectivity index (χ1v) is 6.66. The van der Waals surface area contributed by atoms with Crippen LogP contribution in [-0.4, -0.2) is 23.2 Å². The molecule has 1 aromatic heterocycles. The van der Waals surface area contributed by atoms with E-state index >= 15 is 0 Å². The minimum absolute atomic E-state index is 0.0105. The number of fused-ring (bicyclic) bond motifs is 1. The lowest BCUT2D eigenvalue weighted by Crippen LogP contribution is -2.39. The van der Waals surface area contributed by atoms with Gasteiger partial charge in [-0.3, -0.25) is 4.79 Å². The molecule has 3 rings (SSSR count). The summed E-state index contributed by atoms with van der Waals surface area (Å²) in [5.74, 6) is -0.110. The second-order valence-electron chi connectivity index (χ2n) is 4.80. The maximum Gasteiger partial charge on any atom is 0.261 e. The van der Waals surface area contributed by atoms with E-state index in [9.17, 15) is 9.90 Å². The first kappa shape index (κ1) is 11.5. The highest BCUT2D eigenvalue weighted by atomic mass is 32.1. The molecule has 0 radical (unpaired) electrons. The van der Waals surface area contributed by atoms with Crippen LogP contribution in [0.25, 0.3) is 10.1 Å². The zero-order chi connectivity index (χ0) is 12.8. The molecule has 1 heterocycles. The van der Waals surface area contributed by atoms with E-state index < -0.39 is 0 Å². The Morgan fingerprint density at radius 2 is 2.22 bits per heavy atom. The van der Waals surface area contributed by atoms with Gasteiger partial charge in [0.15, 0.2) is 0 Å². The Hall–Kier alpha value is -1.59. The quantitative estimate of drug-likeness (QED) is 0.737. The number of hydrogen-bond donors (Lipinski definition) is 3. The highest BCUT2D eigenvalue weighted by Gasteiger charge is 2.43. The number of aliphatic hydroxyl groups is 1. The Kier molecular flexibility index (Phi) is 2.53. The molecule has 0 spiro atoms. The molecule has 1 saturated carbocycles. The Morgan fingerprint density at radius 3 is 2.89 bits per heavy atom. The summed E-state index contributed by atoms with van der Waals surface area (Å²) in [5.41, 5.74) is 6.04. The van der Waals surface area contributed by atoms with Gasteiger partial charge >= 0.3 is 0 Å². The Balaban J connectivity index is 1.87. The lowest BCUT2D eigenvalue weighted by molar-refractivity contribution is 0.0911. The first-order valence-electron chi connectivity index (χ1n) is 5.84. The van der Waals surface area contributed by atoms with Crippen LogP contribution >= 0.6 is 11.3 Å². The third-order valence-electron chi connectivity index (χ3n) is 3.30. The van der Waals surface area contributed by atoms with E-state index in [0.29, 0.717) is 10.6 Å². The maximum atomic E-state index is 12.1. The number of thiophene rings is 1. The van der Waals surface area contributed by atoms with Crippen molar-refractivity contribution in [1.29, 1.82) is 0 Å². The summed E-state index contributed by atoms with van der Waals surface area (Å²) in [5, 5.41) is 13.1. The van der Waals surface area contributed by atoms with Gasteiger partial charge < -0.3 is 16.2 Å². The number of nitrogens with two attached hydrogens (primary N) is 1. The molecule has 0 saturated heterocycles. The molecule has 1 amide bonds. The number of anilines is 1. The van der Waals surface area contributed by atoms with Gasteiger partial charge in [0.2, 0.25) is 0 Å². The van der Waals surface area contributed by atoms with E-state index in [2.05, 4.69) is 5.32 Å². The molecular formula is C13H14N2O2S. The summed E-state index contributed by atoms with van der Waals surface area (Å²) < 4.78 is 1.04. The van der Waals surface area contributed by atoms with Crippen LogP contribution in [-0.2, 0) is 0 Å². The van der Waals surface area contributed by atoms with E-state index in [-0.39, 0.29) is 18.1 Å². The number of amides is 1. The topological polar surface area (TPSA) is 75.4 Å². The van der Waals surface area contributed by atoms with E-state index in [1.807, 2.05) is 24.3 Å². The van der Waals surface area contributed by atoms with Crippen molar-refractivity contribution in [3.8, 4) is 0 Å². The zero-order valence-electron chi connectivity index (χ0n) is 9.77. The van der Waals surface area contributed by atoms with Crippen LogP contribution in [0, 0.1) is 0 Å². The third kappa shape index (κ3) is 1.95. The van der Waals surface area contributed by atoms with Gasteiger partial charge in [0.1, 0.15) is 0 Å². The normalized spacial score (nSPS) is 16.7. The molecule has 1 aromatic carbocycles. The summed E-state index contributed by atoms with van der Waals surface area (Å²) in [6, 6.07) is 7.46. The predicted octanol–water partition coefficient (Wildman–Crippen LogP) is 1.74. The second kappa shape index (κ2) is 3.96. The summed E-state index contributed by atoms with van der Waals surface area (Å²) >= 11 is 1.44. The number of rotatable bonds is 3. The highest BCUT2D eigenvalue weighted by molar-refractivity contribution is 7.20. The van der Waals surface area contributed by atoms with E-state index in [0.717, 1.165) is 22.9 Å². The van der Waals surface area contributed by atoms with Crippen molar-refractivity contribution < 1.29 is 9.90 Å².